The van der Waals surface area contributed by atoms with E-state index in [0.717, 1.165) is 0 Å². The van der Waals surface area contributed by atoms with Crippen LogP contribution in [0, 0.1) is 6.92 Å². The maximum Gasteiger partial charge on any atom is 0.225 e. The Morgan fingerprint density at radius 2 is 1.67 bits per heavy atom. The first-order valence-electron chi connectivity index (χ1n) is 3.04. The molecule has 0 aliphatic heterocycles. The van der Waals surface area contributed by atoms with Gasteiger partial charge in [-0.3, -0.25) is 5.73 Å². The number of ether oxygens (including phenoxy) is 2. The Hall–Kier alpha value is -0.120. The van der Waals surface area contributed by atoms with E-state index in [1.165, 1.54) is 0 Å². The number of hydrogen-bond donors (Lipinski definition) is 1. The summed E-state index contributed by atoms with van der Waals surface area (Å²) in [7, 11) is 0. The van der Waals surface area contributed by atoms with Gasteiger partial charge in [-0.1, -0.05) is 0 Å². The lowest BCUT2D eigenvalue weighted by atomic mass is 10.6. The average Bonchev–Trinajstić information content (AvgIpc) is 1.64. The predicted molar refractivity (Wildman–Crippen MR) is 35.5 cm³/mol. The third kappa shape index (κ3) is 4.39. The highest BCUT2D eigenvalue weighted by Gasteiger charge is 2.16. The van der Waals surface area contributed by atoms with Gasteiger partial charge in [-0.15, -0.1) is 0 Å². The summed E-state index contributed by atoms with van der Waals surface area (Å²) < 4.78 is 9.83. The SMILES string of the molecule is [CH2]C(N)(OCC)OCC. The van der Waals surface area contributed by atoms with E-state index in [1.807, 2.05) is 13.8 Å². The van der Waals surface area contributed by atoms with Crippen molar-refractivity contribution in [3.63, 3.8) is 0 Å². The normalized spacial score (nSPS) is 12.0. The van der Waals surface area contributed by atoms with E-state index >= 15 is 0 Å². The van der Waals surface area contributed by atoms with Gasteiger partial charge >= 0.3 is 0 Å². The fourth-order valence-electron chi connectivity index (χ4n) is 0.530. The van der Waals surface area contributed by atoms with Crippen LogP contribution in [0.5, 0.6) is 0 Å². The van der Waals surface area contributed by atoms with E-state index in [0.29, 0.717) is 13.2 Å². The monoisotopic (exact) mass is 132 g/mol. The Labute approximate surface area is 56.1 Å². The fraction of sp³-hybridized carbons (Fsp3) is 0.833. The molecule has 0 aliphatic rings. The maximum absolute atomic E-state index is 5.38. The molecule has 0 saturated heterocycles. The second-order valence-corrected chi connectivity index (χ2v) is 1.68. The van der Waals surface area contributed by atoms with Gasteiger partial charge in [0.15, 0.2) is 0 Å². The minimum Gasteiger partial charge on any atom is -0.338 e. The molecule has 0 fully saturated rings. The highest BCUT2D eigenvalue weighted by molar-refractivity contribution is 4.61. The van der Waals surface area contributed by atoms with Crippen LogP contribution in [0.1, 0.15) is 13.8 Å². The second kappa shape index (κ2) is 3.82. The summed E-state index contributed by atoms with van der Waals surface area (Å²) >= 11 is 0. The molecule has 3 heteroatoms. The van der Waals surface area contributed by atoms with Crippen LogP contribution in [0.2, 0.25) is 0 Å². The van der Waals surface area contributed by atoms with Crippen LogP contribution in [0.15, 0.2) is 0 Å². The standard InChI is InChI=1S/C6H14NO2/c1-4-8-6(3,7)9-5-2/h3-5,7H2,1-2H3. The van der Waals surface area contributed by atoms with E-state index in [2.05, 4.69) is 6.92 Å². The Kier molecular flexibility index (Phi) is 3.77. The molecule has 1 radical (unpaired) electrons. The van der Waals surface area contributed by atoms with Gasteiger partial charge in [0.2, 0.25) is 5.91 Å². The van der Waals surface area contributed by atoms with Crippen LogP contribution in [0.3, 0.4) is 0 Å². The van der Waals surface area contributed by atoms with Crippen LogP contribution in [-0.4, -0.2) is 19.1 Å². The molecule has 0 bridgehead atoms. The molecule has 0 aliphatic carbocycles. The van der Waals surface area contributed by atoms with Crippen molar-refractivity contribution >= 4 is 0 Å². The van der Waals surface area contributed by atoms with Crippen molar-refractivity contribution in [1.82, 2.24) is 0 Å². The Morgan fingerprint density at radius 1 is 1.33 bits per heavy atom. The largest absolute Gasteiger partial charge is 0.338 e. The van der Waals surface area contributed by atoms with Gasteiger partial charge in [-0.25, -0.2) is 0 Å². The summed E-state index contributed by atoms with van der Waals surface area (Å²) in [6, 6.07) is 0. The van der Waals surface area contributed by atoms with Gasteiger partial charge in [-0.05, 0) is 13.8 Å². The number of rotatable bonds is 4. The van der Waals surface area contributed by atoms with Crippen LogP contribution in [-0.2, 0) is 9.47 Å². The molecule has 55 valence electrons. The zero-order chi connectivity index (χ0) is 7.33. The molecule has 0 unspecified atom stereocenters. The summed E-state index contributed by atoms with van der Waals surface area (Å²) in [4.78, 5) is 0. The molecule has 3 nitrogen and oxygen atoms in total. The van der Waals surface area contributed by atoms with Gasteiger partial charge in [0.25, 0.3) is 0 Å². The van der Waals surface area contributed by atoms with Crippen molar-refractivity contribution < 1.29 is 9.47 Å². The molecule has 9 heavy (non-hydrogen) atoms. The average molecular weight is 132 g/mol. The zero-order valence-corrected chi connectivity index (χ0v) is 6.02. The highest BCUT2D eigenvalue weighted by atomic mass is 16.7. The summed E-state index contributed by atoms with van der Waals surface area (Å²) in [6.45, 7) is 8.19. The summed E-state index contributed by atoms with van der Waals surface area (Å²) in [5.74, 6) is -1.15. The molecular weight excluding hydrogens is 118 g/mol. The van der Waals surface area contributed by atoms with Crippen molar-refractivity contribution in [3.05, 3.63) is 6.92 Å². The Morgan fingerprint density at radius 3 is 1.89 bits per heavy atom. The number of hydrogen-bond acceptors (Lipinski definition) is 3. The molecule has 0 atom stereocenters. The van der Waals surface area contributed by atoms with Crippen LogP contribution in [0.4, 0.5) is 0 Å². The van der Waals surface area contributed by atoms with Crippen molar-refractivity contribution in [2.75, 3.05) is 13.2 Å². The summed E-state index contributed by atoms with van der Waals surface area (Å²) in [6.07, 6.45) is 0. The Bertz CT molecular complexity index is 65.5. The first-order chi connectivity index (χ1) is 4.12. The van der Waals surface area contributed by atoms with Crippen molar-refractivity contribution in [3.8, 4) is 0 Å². The lowest BCUT2D eigenvalue weighted by molar-refractivity contribution is -0.197. The van der Waals surface area contributed by atoms with Gasteiger partial charge in [-0.2, -0.15) is 0 Å². The van der Waals surface area contributed by atoms with Gasteiger partial charge in [0.1, 0.15) is 0 Å². The minimum absolute atomic E-state index is 0.514. The van der Waals surface area contributed by atoms with Gasteiger partial charge in [0, 0.05) is 20.1 Å². The maximum atomic E-state index is 5.38. The van der Waals surface area contributed by atoms with Crippen molar-refractivity contribution in [2.24, 2.45) is 5.73 Å². The number of nitrogens with two attached hydrogens (primary N) is 1. The van der Waals surface area contributed by atoms with Crippen LogP contribution < -0.4 is 5.73 Å². The fourth-order valence-corrected chi connectivity index (χ4v) is 0.530. The Balaban J connectivity index is 3.43. The molecule has 0 saturated carbocycles. The molecule has 0 heterocycles. The lowest BCUT2D eigenvalue weighted by Gasteiger charge is -2.23. The van der Waals surface area contributed by atoms with Crippen LogP contribution >= 0.6 is 0 Å². The summed E-state index contributed by atoms with van der Waals surface area (Å²) in [5.41, 5.74) is 5.38. The molecule has 0 aromatic rings. The predicted octanol–water partition coefficient (Wildman–Crippen LogP) is 0.506. The van der Waals surface area contributed by atoms with E-state index in [9.17, 15) is 0 Å². The van der Waals surface area contributed by atoms with Gasteiger partial charge in [0.05, 0.1) is 0 Å². The molecule has 0 aromatic heterocycles. The van der Waals surface area contributed by atoms with E-state index in [1.54, 1.807) is 0 Å². The molecule has 0 rings (SSSR count). The van der Waals surface area contributed by atoms with Crippen molar-refractivity contribution in [2.45, 2.75) is 19.8 Å². The van der Waals surface area contributed by atoms with E-state index in [-0.39, 0.29) is 0 Å². The quantitative estimate of drug-likeness (QED) is 0.567. The topological polar surface area (TPSA) is 44.5 Å². The molecule has 0 amide bonds. The lowest BCUT2D eigenvalue weighted by Crippen LogP contribution is -2.42. The zero-order valence-electron chi connectivity index (χ0n) is 6.02. The van der Waals surface area contributed by atoms with Gasteiger partial charge < -0.3 is 9.47 Å². The first kappa shape index (κ1) is 8.88. The van der Waals surface area contributed by atoms with E-state index < -0.39 is 5.91 Å². The highest BCUT2D eigenvalue weighted by Crippen LogP contribution is 2.01. The third-order valence-electron chi connectivity index (χ3n) is 0.777. The smallest absolute Gasteiger partial charge is 0.225 e. The molecule has 2 N–H and O–H groups in total. The van der Waals surface area contributed by atoms with Crippen LogP contribution in [0.25, 0.3) is 0 Å². The molecule has 0 aromatic carbocycles. The third-order valence-corrected chi connectivity index (χ3v) is 0.777. The molecule has 0 spiro atoms. The van der Waals surface area contributed by atoms with E-state index in [4.69, 9.17) is 15.2 Å². The second-order valence-electron chi connectivity index (χ2n) is 1.68. The minimum atomic E-state index is -1.15. The van der Waals surface area contributed by atoms with Crippen molar-refractivity contribution in [1.29, 1.82) is 0 Å². The first-order valence-corrected chi connectivity index (χ1v) is 3.04. The summed E-state index contributed by atoms with van der Waals surface area (Å²) in [5, 5.41) is 0. The molecular formula is C6H14NO2.